The third-order valence-electron chi connectivity index (χ3n) is 2.96. The molecule has 0 saturated carbocycles. The quantitative estimate of drug-likeness (QED) is 0.721. The van der Waals surface area contributed by atoms with Crippen molar-refractivity contribution in [2.75, 3.05) is 37.4 Å². The first-order chi connectivity index (χ1) is 10.0. The summed E-state index contributed by atoms with van der Waals surface area (Å²) in [6.07, 6.45) is 1.66. The van der Waals surface area contributed by atoms with E-state index in [0.29, 0.717) is 29.9 Å². The van der Waals surface area contributed by atoms with E-state index in [1.807, 2.05) is 7.05 Å². The van der Waals surface area contributed by atoms with Gasteiger partial charge in [0, 0.05) is 20.6 Å². The Hall–Kier alpha value is -2.38. The first-order valence-electron chi connectivity index (χ1n) is 6.88. The zero-order valence-electron chi connectivity index (χ0n) is 12.8. The summed E-state index contributed by atoms with van der Waals surface area (Å²) in [6, 6.07) is 0. The lowest BCUT2D eigenvalue weighted by atomic mass is 10.2. The topological polar surface area (TPSA) is 98.8 Å². The van der Waals surface area contributed by atoms with Crippen molar-refractivity contribution in [2.45, 2.75) is 13.8 Å². The molecule has 1 amide bonds. The van der Waals surface area contributed by atoms with Gasteiger partial charge in [0.1, 0.15) is 5.82 Å². The second-order valence-corrected chi connectivity index (χ2v) is 5.31. The van der Waals surface area contributed by atoms with Crippen molar-refractivity contribution in [1.29, 1.82) is 0 Å². The highest BCUT2D eigenvalue weighted by atomic mass is 16.2. The molecule has 2 heterocycles. The lowest BCUT2D eigenvalue weighted by molar-refractivity contribution is -0.119. The van der Waals surface area contributed by atoms with Gasteiger partial charge in [0.15, 0.2) is 5.65 Å². The van der Waals surface area contributed by atoms with Crippen LogP contribution in [0.25, 0.3) is 11.0 Å². The van der Waals surface area contributed by atoms with E-state index in [9.17, 15) is 4.79 Å². The molecule has 21 heavy (non-hydrogen) atoms. The minimum atomic E-state index is -0.0348. The zero-order valence-corrected chi connectivity index (χ0v) is 12.8. The summed E-state index contributed by atoms with van der Waals surface area (Å²) in [5.74, 6) is 1.54. The monoisotopic (exact) mass is 291 g/mol. The molecule has 0 aromatic carbocycles. The average molecular weight is 291 g/mol. The molecule has 2 aromatic rings. The van der Waals surface area contributed by atoms with Crippen LogP contribution in [0.5, 0.6) is 0 Å². The number of fused-ring (bicyclic) bond motifs is 1. The zero-order chi connectivity index (χ0) is 15.4. The van der Waals surface area contributed by atoms with Gasteiger partial charge in [-0.3, -0.25) is 9.89 Å². The molecule has 0 aliphatic rings. The van der Waals surface area contributed by atoms with Crippen LogP contribution in [-0.4, -0.2) is 53.3 Å². The number of nitrogens with zero attached hydrogens (tertiary/aromatic N) is 4. The fourth-order valence-electron chi connectivity index (χ4n) is 1.89. The van der Waals surface area contributed by atoms with E-state index in [1.54, 1.807) is 18.1 Å². The van der Waals surface area contributed by atoms with Gasteiger partial charge in [-0.1, -0.05) is 13.8 Å². The first-order valence-corrected chi connectivity index (χ1v) is 6.88. The van der Waals surface area contributed by atoms with Crippen LogP contribution in [0.4, 0.5) is 11.8 Å². The van der Waals surface area contributed by atoms with Crippen LogP contribution in [0, 0.1) is 5.92 Å². The van der Waals surface area contributed by atoms with Gasteiger partial charge in [-0.15, -0.1) is 0 Å². The third kappa shape index (κ3) is 3.59. The number of hydrogen-bond donors (Lipinski definition) is 3. The van der Waals surface area contributed by atoms with Crippen molar-refractivity contribution in [2.24, 2.45) is 5.92 Å². The Kier molecular flexibility index (Phi) is 4.56. The van der Waals surface area contributed by atoms with E-state index >= 15 is 0 Å². The lowest BCUT2D eigenvalue weighted by Crippen LogP contribution is -2.37. The predicted octanol–water partition coefficient (Wildman–Crippen LogP) is 0.603. The number of aromatic nitrogens is 4. The van der Waals surface area contributed by atoms with Gasteiger partial charge >= 0.3 is 0 Å². The van der Waals surface area contributed by atoms with Crippen LogP contribution < -0.4 is 15.5 Å². The Balaban J connectivity index is 2.16. The number of anilines is 2. The standard InChI is InChI=1S/C13H21N7O/c1-8(2)5-15-10(21)7-20(4)12-9-6-16-19-11(9)17-13(14-3)18-12/h6,8H,5,7H2,1-4H3,(H,15,21)(H2,14,16,17,18,19). The highest BCUT2D eigenvalue weighted by Crippen LogP contribution is 2.22. The Morgan fingerprint density at radius 1 is 1.43 bits per heavy atom. The molecule has 0 bridgehead atoms. The highest BCUT2D eigenvalue weighted by molar-refractivity contribution is 5.90. The molecule has 2 rings (SSSR count). The van der Waals surface area contributed by atoms with E-state index < -0.39 is 0 Å². The summed E-state index contributed by atoms with van der Waals surface area (Å²) in [4.78, 5) is 22.4. The number of hydrogen-bond acceptors (Lipinski definition) is 6. The van der Waals surface area contributed by atoms with Crippen LogP contribution in [0.2, 0.25) is 0 Å². The fourth-order valence-corrected chi connectivity index (χ4v) is 1.89. The number of rotatable bonds is 6. The van der Waals surface area contributed by atoms with Crippen molar-refractivity contribution in [1.82, 2.24) is 25.5 Å². The van der Waals surface area contributed by atoms with Gasteiger partial charge in [0.05, 0.1) is 18.1 Å². The van der Waals surface area contributed by atoms with Crippen molar-refractivity contribution in [3.05, 3.63) is 6.20 Å². The summed E-state index contributed by atoms with van der Waals surface area (Å²) in [6.45, 7) is 5.01. The van der Waals surface area contributed by atoms with Gasteiger partial charge in [-0.05, 0) is 5.92 Å². The van der Waals surface area contributed by atoms with E-state index in [-0.39, 0.29) is 12.5 Å². The Morgan fingerprint density at radius 2 is 2.19 bits per heavy atom. The normalized spacial score (nSPS) is 10.9. The molecule has 0 aliphatic heterocycles. The Bertz CT molecular complexity index is 622. The lowest BCUT2D eigenvalue weighted by Gasteiger charge is -2.19. The molecule has 0 atom stereocenters. The summed E-state index contributed by atoms with van der Waals surface area (Å²) in [5.41, 5.74) is 0.638. The molecule has 8 heteroatoms. The van der Waals surface area contributed by atoms with Crippen molar-refractivity contribution >= 4 is 28.7 Å². The second kappa shape index (κ2) is 6.38. The molecule has 0 spiro atoms. The number of nitrogens with one attached hydrogen (secondary N) is 3. The van der Waals surface area contributed by atoms with E-state index in [0.717, 1.165) is 5.39 Å². The number of aromatic amines is 1. The number of carbonyl (C=O) groups excluding carboxylic acids is 1. The minimum Gasteiger partial charge on any atom is -0.357 e. The van der Waals surface area contributed by atoms with Crippen molar-refractivity contribution in [3.8, 4) is 0 Å². The minimum absolute atomic E-state index is 0.0348. The molecule has 114 valence electrons. The molecule has 2 aromatic heterocycles. The van der Waals surface area contributed by atoms with E-state index in [4.69, 9.17) is 0 Å². The Labute approximate surface area is 123 Å². The number of carbonyl (C=O) groups is 1. The van der Waals surface area contributed by atoms with Crippen LogP contribution in [-0.2, 0) is 4.79 Å². The van der Waals surface area contributed by atoms with Gasteiger partial charge in [0.25, 0.3) is 0 Å². The molecular weight excluding hydrogens is 270 g/mol. The van der Waals surface area contributed by atoms with Crippen LogP contribution in [0.3, 0.4) is 0 Å². The molecule has 0 saturated heterocycles. The number of likely N-dealkylation sites (N-methyl/N-ethyl adjacent to an activating group) is 1. The van der Waals surface area contributed by atoms with E-state index in [1.165, 1.54) is 0 Å². The maximum Gasteiger partial charge on any atom is 0.239 e. The van der Waals surface area contributed by atoms with Crippen molar-refractivity contribution in [3.63, 3.8) is 0 Å². The summed E-state index contributed by atoms with van der Waals surface area (Å²) < 4.78 is 0. The molecule has 0 radical (unpaired) electrons. The maximum atomic E-state index is 11.9. The molecule has 0 aliphatic carbocycles. The third-order valence-corrected chi connectivity index (χ3v) is 2.96. The van der Waals surface area contributed by atoms with Gasteiger partial charge < -0.3 is 15.5 Å². The van der Waals surface area contributed by atoms with E-state index in [2.05, 4.69) is 44.6 Å². The SMILES string of the molecule is CNc1nc(N(C)CC(=O)NCC(C)C)c2cn[nH]c2n1. The van der Waals surface area contributed by atoms with Gasteiger partial charge in [0.2, 0.25) is 11.9 Å². The summed E-state index contributed by atoms with van der Waals surface area (Å²) in [7, 11) is 3.57. The van der Waals surface area contributed by atoms with Crippen molar-refractivity contribution < 1.29 is 4.79 Å². The predicted molar refractivity (Wildman–Crippen MR) is 82.3 cm³/mol. The summed E-state index contributed by atoms with van der Waals surface area (Å²) >= 11 is 0. The van der Waals surface area contributed by atoms with Crippen LogP contribution >= 0.6 is 0 Å². The molecule has 3 N–H and O–H groups in total. The summed E-state index contributed by atoms with van der Waals surface area (Å²) in [5, 5.41) is 13.4. The largest absolute Gasteiger partial charge is 0.357 e. The molecular formula is C13H21N7O. The fraction of sp³-hybridized carbons (Fsp3) is 0.538. The first kappa shape index (κ1) is 15.0. The molecule has 0 fully saturated rings. The average Bonchev–Trinajstić information content (AvgIpc) is 2.91. The second-order valence-electron chi connectivity index (χ2n) is 5.31. The maximum absolute atomic E-state index is 11.9. The van der Waals surface area contributed by atoms with Gasteiger partial charge in [-0.2, -0.15) is 15.1 Å². The molecule has 8 nitrogen and oxygen atoms in total. The number of H-pyrrole nitrogens is 1. The van der Waals surface area contributed by atoms with Crippen LogP contribution in [0.1, 0.15) is 13.8 Å². The highest BCUT2D eigenvalue weighted by Gasteiger charge is 2.15. The Morgan fingerprint density at radius 3 is 2.86 bits per heavy atom. The van der Waals surface area contributed by atoms with Gasteiger partial charge in [-0.25, -0.2) is 0 Å². The molecule has 0 unspecified atom stereocenters. The smallest absolute Gasteiger partial charge is 0.239 e. The number of amides is 1. The van der Waals surface area contributed by atoms with Crippen LogP contribution in [0.15, 0.2) is 6.20 Å².